The average molecular weight is 271 g/mol. The first-order valence-electron chi connectivity index (χ1n) is 7.62. The van der Waals surface area contributed by atoms with Gasteiger partial charge < -0.3 is 14.4 Å². The molecule has 3 heteroatoms. The van der Waals surface area contributed by atoms with Gasteiger partial charge in [-0.3, -0.25) is 0 Å². The van der Waals surface area contributed by atoms with Crippen LogP contribution in [0.4, 0.5) is 0 Å². The maximum absolute atomic E-state index is 2.25. The minimum absolute atomic E-state index is 1.17. The quantitative estimate of drug-likeness (QED) is 0.745. The molecule has 3 nitrogen and oxygen atoms in total. The standard InChI is InChI=1S/C17H23N3/c1-18-9-5-8-17(18)15-20-12-10-19(11-13-20)14-16-6-3-2-4-7-16/h2-9H,10-15H2,1H3/p+2. The Morgan fingerprint density at radius 2 is 1.50 bits per heavy atom. The zero-order valence-electron chi connectivity index (χ0n) is 12.3. The van der Waals surface area contributed by atoms with E-state index in [0.29, 0.717) is 0 Å². The molecule has 0 atom stereocenters. The number of benzene rings is 1. The van der Waals surface area contributed by atoms with Crippen LogP contribution < -0.4 is 9.80 Å². The first-order valence-corrected chi connectivity index (χ1v) is 7.62. The fourth-order valence-corrected chi connectivity index (χ4v) is 3.13. The summed E-state index contributed by atoms with van der Waals surface area (Å²) >= 11 is 0. The number of aryl methyl sites for hydroxylation is 1. The van der Waals surface area contributed by atoms with Crippen LogP contribution in [0.5, 0.6) is 0 Å². The van der Waals surface area contributed by atoms with Gasteiger partial charge in [0, 0.05) is 18.8 Å². The van der Waals surface area contributed by atoms with Gasteiger partial charge in [-0.2, -0.15) is 0 Å². The maximum Gasteiger partial charge on any atom is 0.127 e. The van der Waals surface area contributed by atoms with Crippen molar-refractivity contribution in [3.05, 3.63) is 59.9 Å². The minimum Gasteiger partial charge on any atom is -0.350 e. The summed E-state index contributed by atoms with van der Waals surface area (Å²) in [6, 6.07) is 15.3. The van der Waals surface area contributed by atoms with E-state index in [-0.39, 0.29) is 0 Å². The molecular formula is C17H25N3+2. The molecule has 0 aliphatic carbocycles. The van der Waals surface area contributed by atoms with Crippen molar-refractivity contribution in [1.29, 1.82) is 0 Å². The van der Waals surface area contributed by atoms with E-state index in [0.717, 1.165) is 0 Å². The third-order valence-electron chi connectivity index (χ3n) is 4.44. The zero-order chi connectivity index (χ0) is 13.8. The lowest BCUT2D eigenvalue weighted by Crippen LogP contribution is -3.27. The fraction of sp³-hybridized carbons (Fsp3) is 0.412. The molecule has 20 heavy (non-hydrogen) atoms. The molecule has 0 radical (unpaired) electrons. The summed E-state index contributed by atoms with van der Waals surface area (Å²) in [6.45, 7) is 7.49. The highest BCUT2D eigenvalue weighted by atomic mass is 15.3. The van der Waals surface area contributed by atoms with E-state index >= 15 is 0 Å². The van der Waals surface area contributed by atoms with Gasteiger partial charge in [0.15, 0.2) is 0 Å². The van der Waals surface area contributed by atoms with Crippen molar-refractivity contribution in [1.82, 2.24) is 4.57 Å². The van der Waals surface area contributed by atoms with Crippen molar-refractivity contribution in [2.24, 2.45) is 7.05 Å². The molecule has 2 N–H and O–H groups in total. The highest BCUT2D eigenvalue weighted by Gasteiger charge is 2.23. The molecule has 3 rings (SSSR count). The number of nitrogens with one attached hydrogen (secondary N) is 2. The number of nitrogens with zero attached hydrogens (tertiary/aromatic N) is 1. The van der Waals surface area contributed by atoms with Crippen LogP contribution in [0.3, 0.4) is 0 Å². The summed E-state index contributed by atoms with van der Waals surface area (Å²) in [5, 5.41) is 0. The topological polar surface area (TPSA) is 13.8 Å². The number of hydrogen-bond acceptors (Lipinski definition) is 0. The van der Waals surface area contributed by atoms with Crippen LogP contribution in [0.2, 0.25) is 0 Å². The Hall–Kier alpha value is -1.58. The monoisotopic (exact) mass is 271 g/mol. The third kappa shape index (κ3) is 3.30. The molecule has 0 amide bonds. The maximum atomic E-state index is 2.25. The molecule has 0 spiro atoms. The lowest BCUT2D eigenvalue weighted by molar-refractivity contribution is -1.02. The summed E-state index contributed by atoms with van der Waals surface area (Å²) < 4.78 is 2.25. The molecule has 1 aromatic heterocycles. The summed E-state index contributed by atoms with van der Waals surface area (Å²) in [5.74, 6) is 0. The van der Waals surface area contributed by atoms with Crippen molar-refractivity contribution in [2.45, 2.75) is 13.1 Å². The van der Waals surface area contributed by atoms with Gasteiger partial charge in [-0.15, -0.1) is 0 Å². The van der Waals surface area contributed by atoms with E-state index in [1.54, 1.807) is 9.80 Å². The van der Waals surface area contributed by atoms with Crippen molar-refractivity contribution in [3.63, 3.8) is 0 Å². The lowest BCUT2D eigenvalue weighted by atomic mass is 10.2. The Kier molecular flexibility index (Phi) is 4.19. The molecule has 2 aromatic rings. The number of aromatic nitrogens is 1. The highest BCUT2D eigenvalue weighted by Crippen LogP contribution is 1.97. The second-order valence-electron chi connectivity index (χ2n) is 5.95. The van der Waals surface area contributed by atoms with Crippen LogP contribution in [-0.2, 0) is 20.1 Å². The van der Waals surface area contributed by atoms with Gasteiger partial charge in [-0.05, 0) is 12.1 Å². The molecule has 1 fully saturated rings. The Bertz CT molecular complexity index is 524. The number of rotatable bonds is 4. The highest BCUT2D eigenvalue weighted by molar-refractivity contribution is 5.13. The van der Waals surface area contributed by atoms with Gasteiger partial charge in [0.25, 0.3) is 0 Å². The van der Waals surface area contributed by atoms with Crippen LogP contribution in [0, 0.1) is 0 Å². The van der Waals surface area contributed by atoms with Crippen LogP contribution in [0.1, 0.15) is 11.3 Å². The fourth-order valence-electron chi connectivity index (χ4n) is 3.13. The molecule has 2 heterocycles. The van der Waals surface area contributed by atoms with Gasteiger partial charge in [-0.25, -0.2) is 0 Å². The summed E-state index contributed by atoms with van der Waals surface area (Å²) in [6.07, 6.45) is 2.14. The second kappa shape index (κ2) is 6.25. The average Bonchev–Trinajstić information content (AvgIpc) is 2.88. The molecule has 0 unspecified atom stereocenters. The summed E-state index contributed by atoms with van der Waals surface area (Å²) in [4.78, 5) is 3.45. The first-order chi connectivity index (χ1) is 9.81. The van der Waals surface area contributed by atoms with Crippen LogP contribution in [-0.4, -0.2) is 30.7 Å². The molecule has 1 aliphatic rings. The van der Waals surface area contributed by atoms with Crippen molar-refractivity contribution >= 4 is 0 Å². The van der Waals surface area contributed by atoms with Gasteiger partial charge in [-0.1, -0.05) is 30.3 Å². The third-order valence-corrected chi connectivity index (χ3v) is 4.44. The normalized spacial score (nSPS) is 22.9. The van der Waals surface area contributed by atoms with Gasteiger partial charge in [0.05, 0.1) is 5.69 Å². The number of hydrogen-bond donors (Lipinski definition) is 2. The zero-order valence-corrected chi connectivity index (χ0v) is 12.3. The molecule has 106 valence electrons. The van der Waals surface area contributed by atoms with E-state index in [2.05, 4.69) is 60.3 Å². The Morgan fingerprint density at radius 3 is 2.10 bits per heavy atom. The lowest BCUT2D eigenvalue weighted by Gasteiger charge is -2.29. The number of piperazine rings is 1. The summed E-state index contributed by atoms with van der Waals surface area (Å²) in [5.41, 5.74) is 2.92. The minimum atomic E-state index is 1.17. The molecular weight excluding hydrogens is 246 g/mol. The van der Waals surface area contributed by atoms with Gasteiger partial charge in [0.1, 0.15) is 39.3 Å². The molecule has 0 bridgehead atoms. The van der Waals surface area contributed by atoms with Crippen molar-refractivity contribution < 1.29 is 9.80 Å². The molecule has 1 saturated heterocycles. The summed E-state index contributed by atoms with van der Waals surface area (Å²) in [7, 11) is 2.14. The van der Waals surface area contributed by atoms with Crippen LogP contribution in [0.15, 0.2) is 48.7 Å². The molecule has 0 saturated carbocycles. The van der Waals surface area contributed by atoms with Crippen LogP contribution in [0.25, 0.3) is 0 Å². The SMILES string of the molecule is Cn1cccc1C[NH+]1CC[NH+](Cc2ccccc2)CC1. The number of quaternary nitrogens is 2. The molecule has 1 aromatic carbocycles. The van der Waals surface area contributed by atoms with E-state index < -0.39 is 0 Å². The predicted molar refractivity (Wildman–Crippen MR) is 80.7 cm³/mol. The van der Waals surface area contributed by atoms with Crippen molar-refractivity contribution in [3.8, 4) is 0 Å². The van der Waals surface area contributed by atoms with E-state index in [9.17, 15) is 0 Å². The van der Waals surface area contributed by atoms with Gasteiger partial charge >= 0.3 is 0 Å². The predicted octanol–water partition coefficient (Wildman–Crippen LogP) is -0.491. The Morgan fingerprint density at radius 1 is 0.850 bits per heavy atom. The largest absolute Gasteiger partial charge is 0.350 e. The van der Waals surface area contributed by atoms with E-state index in [1.165, 1.54) is 50.5 Å². The van der Waals surface area contributed by atoms with Crippen LogP contribution >= 0.6 is 0 Å². The first kappa shape index (κ1) is 13.4. The second-order valence-corrected chi connectivity index (χ2v) is 5.95. The van der Waals surface area contributed by atoms with E-state index in [4.69, 9.17) is 0 Å². The smallest absolute Gasteiger partial charge is 0.127 e. The van der Waals surface area contributed by atoms with Crippen molar-refractivity contribution in [2.75, 3.05) is 26.2 Å². The van der Waals surface area contributed by atoms with Gasteiger partial charge in [0.2, 0.25) is 0 Å². The molecule has 1 aliphatic heterocycles. The van der Waals surface area contributed by atoms with E-state index in [1.807, 2.05) is 0 Å². The Labute approximate surface area is 121 Å². The Balaban J connectivity index is 1.49.